The predicted octanol–water partition coefficient (Wildman–Crippen LogP) is 2.72. The van der Waals surface area contributed by atoms with Gasteiger partial charge in [-0.3, -0.25) is 14.6 Å². The molecule has 168 valence electrons. The molecule has 2 aromatic rings. The van der Waals surface area contributed by atoms with Gasteiger partial charge in [0.15, 0.2) is 5.96 Å². The molecule has 7 nitrogen and oxygen atoms in total. The number of carbonyl (C=O) groups excluding carboxylic acids is 2. The maximum absolute atomic E-state index is 12.6. The minimum atomic E-state index is -0.0264. The molecular formula is C23H32IN5O2. The van der Waals surface area contributed by atoms with Gasteiger partial charge in [-0.25, -0.2) is 0 Å². The average molecular weight is 537 g/mol. The number of hydrogen-bond donors (Lipinski definition) is 2. The van der Waals surface area contributed by atoms with Crippen molar-refractivity contribution in [3.8, 4) is 0 Å². The van der Waals surface area contributed by atoms with Crippen molar-refractivity contribution in [2.45, 2.75) is 20.0 Å². The number of nitrogens with one attached hydrogen (secondary N) is 2. The largest absolute Gasteiger partial charge is 0.352 e. The number of hydrogen-bond acceptors (Lipinski definition) is 3. The molecule has 0 atom stereocenters. The summed E-state index contributed by atoms with van der Waals surface area (Å²) in [6.07, 6.45) is 0. The van der Waals surface area contributed by atoms with Gasteiger partial charge in [0.25, 0.3) is 5.91 Å². The fourth-order valence-corrected chi connectivity index (χ4v) is 2.88. The number of halogens is 1. The van der Waals surface area contributed by atoms with Crippen LogP contribution < -0.4 is 10.6 Å². The van der Waals surface area contributed by atoms with Gasteiger partial charge in [-0.2, -0.15) is 0 Å². The molecule has 0 saturated carbocycles. The Labute approximate surface area is 201 Å². The second-order valence-electron chi connectivity index (χ2n) is 7.07. The Morgan fingerprint density at radius 3 is 2.13 bits per heavy atom. The summed E-state index contributed by atoms with van der Waals surface area (Å²) in [4.78, 5) is 32.1. The highest BCUT2D eigenvalue weighted by molar-refractivity contribution is 14.0. The molecule has 0 aliphatic rings. The molecule has 0 saturated heterocycles. The van der Waals surface area contributed by atoms with Crippen molar-refractivity contribution in [1.29, 1.82) is 0 Å². The van der Waals surface area contributed by atoms with Crippen molar-refractivity contribution in [2.75, 3.05) is 34.2 Å². The molecule has 0 radical (unpaired) electrons. The zero-order chi connectivity index (χ0) is 21.9. The molecule has 0 bridgehead atoms. The summed E-state index contributed by atoms with van der Waals surface area (Å²) < 4.78 is 0. The van der Waals surface area contributed by atoms with Gasteiger partial charge in [0.1, 0.15) is 0 Å². The molecule has 8 heteroatoms. The lowest BCUT2D eigenvalue weighted by Gasteiger charge is -2.22. The number of benzene rings is 2. The number of guanidine groups is 1. The molecule has 2 rings (SSSR count). The highest BCUT2D eigenvalue weighted by atomic mass is 127. The van der Waals surface area contributed by atoms with Crippen LogP contribution in [0, 0.1) is 0 Å². The fourth-order valence-electron chi connectivity index (χ4n) is 2.88. The highest BCUT2D eigenvalue weighted by Gasteiger charge is 2.13. The molecule has 0 spiro atoms. The minimum Gasteiger partial charge on any atom is -0.352 e. The molecule has 0 heterocycles. The summed E-state index contributed by atoms with van der Waals surface area (Å²) in [5.74, 6) is 0.532. The summed E-state index contributed by atoms with van der Waals surface area (Å²) in [5, 5.41) is 6.26. The first-order valence-electron chi connectivity index (χ1n) is 10.0. The van der Waals surface area contributed by atoms with Gasteiger partial charge in [0, 0.05) is 46.3 Å². The Bertz CT molecular complexity index is 854. The Kier molecular flexibility index (Phi) is 11.6. The van der Waals surface area contributed by atoms with Crippen LogP contribution in [0.2, 0.25) is 0 Å². The Balaban J connectivity index is 0.00000480. The summed E-state index contributed by atoms with van der Waals surface area (Å²) in [7, 11) is 5.13. The topological polar surface area (TPSA) is 77.0 Å². The third-order valence-electron chi connectivity index (χ3n) is 4.65. The predicted molar refractivity (Wildman–Crippen MR) is 136 cm³/mol. The van der Waals surface area contributed by atoms with Crippen LogP contribution in [0.3, 0.4) is 0 Å². The number of nitrogens with zero attached hydrogens (tertiary/aromatic N) is 3. The minimum absolute atomic E-state index is 0. The van der Waals surface area contributed by atoms with Crippen LogP contribution in [0.25, 0.3) is 0 Å². The first-order chi connectivity index (χ1) is 14.4. The molecule has 0 fully saturated rings. The normalized spacial score (nSPS) is 10.6. The average Bonchev–Trinajstić information content (AvgIpc) is 2.77. The van der Waals surface area contributed by atoms with Gasteiger partial charge in [-0.15, -0.1) is 24.0 Å². The van der Waals surface area contributed by atoms with Gasteiger partial charge in [0.05, 0.1) is 6.54 Å². The molecule has 0 aliphatic carbocycles. The third-order valence-corrected chi connectivity index (χ3v) is 4.65. The maximum atomic E-state index is 12.6. The number of likely N-dealkylation sites (N-methyl/N-ethyl adjacent to an activating group) is 1. The summed E-state index contributed by atoms with van der Waals surface area (Å²) in [5.41, 5.74) is 2.76. The quantitative estimate of drug-likeness (QED) is 0.309. The first kappa shape index (κ1) is 26.4. The number of amides is 2. The van der Waals surface area contributed by atoms with E-state index in [1.165, 1.54) is 0 Å². The van der Waals surface area contributed by atoms with Crippen LogP contribution in [0.1, 0.15) is 28.4 Å². The van der Waals surface area contributed by atoms with Crippen LogP contribution in [0.15, 0.2) is 59.6 Å². The summed E-state index contributed by atoms with van der Waals surface area (Å²) in [6.45, 7) is 3.89. The fraction of sp³-hybridized carbons (Fsp3) is 0.348. The highest BCUT2D eigenvalue weighted by Crippen LogP contribution is 2.07. The second-order valence-corrected chi connectivity index (χ2v) is 7.07. The van der Waals surface area contributed by atoms with Crippen molar-refractivity contribution in [1.82, 2.24) is 20.4 Å². The van der Waals surface area contributed by atoms with E-state index in [0.717, 1.165) is 11.1 Å². The van der Waals surface area contributed by atoms with Gasteiger partial charge in [-0.05, 0) is 30.2 Å². The lowest BCUT2D eigenvalue weighted by molar-refractivity contribution is -0.130. The Morgan fingerprint density at radius 1 is 0.935 bits per heavy atom. The van der Waals surface area contributed by atoms with Gasteiger partial charge in [0.2, 0.25) is 5.91 Å². The smallest absolute Gasteiger partial charge is 0.253 e. The van der Waals surface area contributed by atoms with E-state index in [2.05, 4.69) is 15.6 Å². The summed E-state index contributed by atoms with van der Waals surface area (Å²) in [6, 6.07) is 17.4. The molecule has 0 unspecified atom stereocenters. The van der Waals surface area contributed by atoms with Crippen LogP contribution in [0.5, 0.6) is 0 Å². The maximum Gasteiger partial charge on any atom is 0.253 e. The SMILES string of the molecule is CCN(Cc1ccccc1)C(=O)CNC(=NC)NCc1ccc(C(=O)N(C)C)cc1.I. The van der Waals surface area contributed by atoms with E-state index in [4.69, 9.17) is 0 Å². The van der Waals surface area contributed by atoms with E-state index in [-0.39, 0.29) is 42.3 Å². The van der Waals surface area contributed by atoms with Crippen LogP contribution >= 0.6 is 24.0 Å². The van der Waals surface area contributed by atoms with E-state index in [0.29, 0.717) is 31.2 Å². The van der Waals surface area contributed by atoms with Gasteiger partial charge < -0.3 is 20.4 Å². The summed E-state index contributed by atoms with van der Waals surface area (Å²) >= 11 is 0. The van der Waals surface area contributed by atoms with Gasteiger partial charge in [-0.1, -0.05) is 42.5 Å². The Hall–Kier alpha value is -2.62. The van der Waals surface area contributed by atoms with E-state index < -0.39 is 0 Å². The van der Waals surface area contributed by atoms with Crippen LogP contribution in [-0.4, -0.2) is 61.8 Å². The molecule has 2 N–H and O–H groups in total. The van der Waals surface area contributed by atoms with E-state index in [9.17, 15) is 9.59 Å². The molecular weight excluding hydrogens is 505 g/mol. The number of aliphatic imine (C=N–C) groups is 1. The zero-order valence-corrected chi connectivity index (χ0v) is 20.9. The van der Waals surface area contributed by atoms with E-state index in [1.54, 1.807) is 30.9 Å². The Morgan fingerprint density at radius 2 is 1.58 bits per heavy atom. The molecule has 2 aromatic carbocycles. The molecule has 0 aromatic heterocycles. The van der Waals surface area contributed by atoms with E-state index >= 15 is 0 Å². The number of carbonyl (C=O) groups is 2. The molecule has 31 heavy (non-hydrogen) atoms. The van der Waals surface area contributed by atoms with Crippen molar-refractivity contribution in [3.05, 3.63) is 71.3 Å². The van der Waals surface area contributed by atoms with Crippen molar-refractivity contribution >= 4 is 41.8 Å². The molecule has 2 amide bonds. The van der Waals surface area contributed by atoms with Crippen molar-refractivity contribution < 1.29 is 9.59 Å². The van der Waals surface area contributed by atoms with Crippen molar-refractivity contribution in [2.24, 2.45) is 4.99 Å². The molecule has 0 aliphatic heterocycles. The van der Waals surface area contributed by atoms with Crippen LogP contribution in [0.4, 0.5) is 0 Å². The standard InChI is InChI=1S/C23H31N5O2.HI/c1-5-28(17-19-9-7-6-8-10-19)21(29)16-26-23(24-2)25-15-18-11-13-20(14-12-18)22(30)27(3)4;/h6-14H,5,15-17H2,1-4H3,(H2,24,25,26);1H. The monoisotopic (exact) mass is 537 g/mol. The van der Waals surface area contributed by atoms with E-state index in [1.807, 2.05) is 61.5 Å². The third kappa shape index (κ3) is 8.56. The second kappa shape index (κ2) is 13.6. The van der Waals surface area contributed by atoms with Crippen LogP contribution in [-0.2, 0) is 17.9 Å². The van der Waals surface area contributed by atoms with Gasteiger partial charge >= 0.3 is 0 Å². The first-order valence-corrected chi connectivity index (χ1v) is 10.0. The lowest BCUT2D eigenvalue weighted by atomic mass is 10.1. The number of rotatable bonds is 8. The van der Waals surface area contributed by atoms with Crippen molar-refractivity contribution in [3.63, 3.8) is 0 Å². The zero-order valence-electron chi connectivity index (χ0n) is 18.6. The lowest BCUT2D eigenvalue weighted by Crippen LogP contribution is -2.44.